The standard InChI is InChI=1S/C19H29NO2S2/c1-14-7-6-8-15(2)19(14)22-13-16(3)20-18(21)10-5-4-9-17-11-12-23-24-17/h6-8,16-17H,4-5,9-13H2,1-3H3,(H,20,21). The molecule has 0 aromatic heterocycles. The van der Waals surface area contributed by atoms with Gasteiger partial charge in [-0.15, -0.1) is 0 Å². The van der Waals surface area contributed by atoms with Crippen LogP contribution >= 0.6 is 21.6 Å². The highest BCUT2D eigenvalue weighted by Crippen LogP contribution is 2.39. The van der Waals surface area contributed by atoms with Gasteiger partial charge in [-0.05, 0) is 51.2 Å². The maximum absolute atomic E-state index is 12.0. The molecule has 2 unspecified atom stereocenters. The Bertz CT molecular complexity index is 510. The second-order valence-corrected chi connectivity index (χ2v) is 9.36. The molecule has 1 aromatic carbocycles. The summed E-state index contributed by atoms with van der Waals surface area (Å²) in [6.07, 6.45) is 5.33. The summed E-state index contributed by atoms with van der Waals surface area (Å²) in [6, 6.07) is 6.16. The molecule has 0 radical (unpaired) electrons. The van der Waals surface area contributed by atoms with E-state index in [-0.39, 0.29) is 11.9 Å². The third-order valence-electron chi connectivity index (χ3n) is 4.20. The fourth-order valence-corrected chi connectivity index (χ4v) is 5.87. The molecule has 0 bridgehead atoms. The second kappa shape index (κ2) is 10.2. The molecule has 0 saturated carbocycles. The largest absolute Gasteiger partial charge is 0.491 e. The number of unbranched alkanes of at least 4 members (excludes halogenated alkanes) is 1. The Morgan fingerprint density at radius 2 is 2.08 bits per heavy atom. The average molecular weight is 368 g/mol. The Labute approximate surface area is 154 Å². The van der Waals surface area contributed by atoms with E-state index >= 15 is 0 Å². The van der Waals surface area contributed by atoms with Crippen molar-refractivity contribution in [1.82, 2.24) is 5.32 Å². The molecular formula is C19H29NO2S2. The summed E-state index contributed by atoms with van der Waals surface area (Å²) < 4.78 is 5.90. The van der Waals surface area contributed by atoms with Gasteiger partial charge in [-0.1, -0.05) is 46.2 Å². The third-order valence-corrected chi connectivity index (χ3v) is 7.21. The second-order valence-electron chi connectivity index (χ2n) is 6.58. The van der Waals surface area contributed by atoms with Crippen LogP contribution in [0.2, 0.25) is 0 Å². The number of carbonyl (C=O) groups is 1. The van der Waals surface area contributed by atoms with Gasteiger partial charge < -0.3 is 10.1 Å². The Balaban J connectivity index is 1.60. The van der Waals surface area contributed by atoms with Crippen LogP contribution in [0.3, 0.4) is 0 Å². The van der Waals surface area contributed by atoms with E-state index in [1.54, 1.807) is 0 Å². The highest BCUT2D eigenvalue weighted by atomic mass is 33.1. The van der Waals surface area contributed by atoms with Crippen LogP contribution in [-0.2, 0) is 4.79 Å². The molecule has 1 aliphatic heterocycles. The predicted molar refractivity (Wildman–Crippen MR) is 106 cm³/mol. The van der Waals surface area contributed by atoms with E-state index in [1.807, 2.05) is 60.6 Å². The number of hydrogen-bond acceptors (Lipinski definition) is 4. The first-order valence-corrected chi connectivity index (χ1v) is 11.2. The van der Waals surface area contributed by atoms with E-state index in [9.17, 15) is 4.79 Å². The summed E-state index contributed by atoms with van der Waals surface area (Å²) in [5.74, 6) is 2.36. The summed E-state index contributed by atoms with van der Waals surface area (Å²) in [4.78, 5) is 12.0. The molecule has 3 nitrogen and oxygen atoms in total. The van der Waals surface area contributed by atoms with E-state index in [1.165, 1.54) is 18.6 Å². The fraction of sp³-hybridized carbons (Fsp3) is 0.632. The predicted octanol–water partition coefficient (Wildman–Crippen LogP) is 4.90. The molecule has 2 rings (SSSR count). The smallest absolute Gasteiger partial charge is 0.220 e. The topological polar surface area (TPSA) is 38.3 Å². The van der Waals surface area contributed by atoms with Crippen LogP contribution in [0.4, 0.5) is 0 Å². The maximum atomic E-state index is 12.0. The molecule has 0 spiro atoms. The number of hydrogen-bond donors (Lipinski definition) is 1. The lowest BCUT2D eigenvalue weighted by Gasteiger charge is -2.17. The minimum absolute atomic E-state index is 0.0262. The van der Waals surface area contributed by atoms with Crippen molar-refractivity contribution < 1.29 is 9.53 Å². The van der Waals surface area contributed by atoms with Gasteiger partial charge in [-0.25, -0.2) is 0 Å². The van der Waals surface area contributed by atoms with Gasteiger partial charge in [-0.3, -0.25) is 4.79 Å². The number of carbonyl (C=O) groups excluding carboxylic acids is 1. The highest BCUT2D eigenvalue weighted by molar-refractivity contribution is 8.77. The SMILES string of the molecule is Cc1cccc(C)c1OCC(C)NC(=O)CCCCC1CCSS1. The zero-order valence-electron chi connectivity index (χ0n) is 15.0. The lowest BCUT2D eigenvalue weighted by atomic mass is 10.1. The number of ether oxygens (including phenoxy) is 1. The molecular weight excluding hydrogens is 338 g/mol. The van der Waals surface area contributed by atoms with E-state index in [0.717, 1.165) is 35.0 Å². The van der Waals surface area contributed by atoms with Gasteiger partial charge in [0.25, 0.3) is 0 Å². The van der Waals surface area contributed by atoms with Gasteiger partial charge in [0.05, 0.1) is 6.04 Å². The quantitative estimate of drug-likeness (QED) is 0.497. The first-order valence-electron chi connectivity index (χ1n) is 8.83. The van der Waals surface area contributed by atoms with E-state index in [4.69, 9.17) is 4.74 Å². The molecule has 1 heterocycles. The number of para-hydroxylation sites is 1. The lowest BCUT2D eigenvalue weighted by Crippen LogP contribution is -2.36. The Morgan fingerprint density at radius 1 is 1.33 bits per heavy atom. The van der Waals surface area contributed by atoms with Gasteiger partial charge in [0, 0.05) is 17.4 Å². The van der Waals surface area contributed by atoms with Crippen molar-refractivity contribution in [3.8, 4) is 5.75 Å². The summed E-state index contributed by atoms with van der Waals surface area (Å²) in [5.41, 5.74) is 2.27. The van der Waals surface area contributed by atoms with Crippen LogP contribution in [-0.4, -0.2) is 29.6 Å². The number of amides is 1. The Hall–Kier alpha value is -0.810. The fourth-order valence-electron chi connectivity index (χ4n) is 2.85. The molecule has 24 heavy (non-hydrogen) atoms. The van der Waals surface area contributed by atoms with Crippen LogP contribution in [0.5, 0.6) is 5.75 Å². The minimum atomic E-state index is 0.0262. The minimum Gasteiger partial charge on any atom is -0.491 e. The molecule has 0 aliphatic carbocycles. The summed E-state index contributed by atoms with van der Waals surface area (Å²) in [6.45, 7) is 6.60. The molecule has 134 valence electrons. The summed E-state index contributed by atoms with van der Waals surface area (Å²) in [5, 5.41) is 3.85. The molecule has 1 amide bonds. The van der Waals surface area contributed by atoms with Crippen molar-refractivity contribution in [2.75, 3.05) is 12.4 Å². The number of aryl methyl sites for hydroxylation is 2. The number of nitrogens with one attached hydrogen (secondary N) is 1. The van der Waals surface area contributed by atoms with Crippen LogP contribution < -0.4 is 10.1 Å². The molecule has 1 aromatic rings. The Morgan fingerprint density at radius 3 is 2.75 bits per heavy atom. The van der Waals surface area contributed by atoms with Crippen molar-refractivity contribution in [1.29, 1.82) is 0 Å². The first-order chi connectivity index (χ1) is 11.6. The van der Waals surface area contributed by atoms with Crippen molar-refractivity contribution in [2.45, 2.75) is 64.2 Å². The lowest BCUT2D eigenvalue weighted by molar-refractivity contribution is -0.122. The molecule has 1 N–H and O–H groups in total. The number of benzene rings is 1. The van der Waals surface area contributed by atoms with Gasteiger partial charge in [0.15, 0.2) is 0 Å². The normalized spacial score (nSPS) is 18.4. The van der Waals surface area contributed by atoms with Crippen molar-refractivity contribution in [2.24, 2.45) is 0 Å². The Kier molecular flexibility index (Phi) is 8.33. The van der Waals surface area contributed by atoms with Crippen LogP contribution in [0.1, 0.15) is 50.2 Å². The summed E-state index contributed by atoms with van der Waals surface area (Å²) in [7, 11) is 4.00. The van der Waals surface area contributed by atoms with Crippen molar-refractivity contribution in [3.05, 3.63) is 29.3 Å². The maximum Gasteiger partial charge on any atom is 0.220 e. The molecule has 1 saturated heterocycles. The van der Waals surface area contributed by atoms with Crippen LogP contribution in [0.15, 0.2) is 18.2 Å². The van der Waals surface area contributed by atoms with Crippen LogP contribution in [0.25, 0.3) is 0 Å². The summed E-state index contributed by atoms with van der Waals surface area (Å²) >= 11 is 0. The molecule has 1 aliphatic rings. The van der Waals surface area contributed by atoms with E-state index < -0.39 is 0 Å². The van der Waals surface area contributed by atoms with Crippen molar-refractivity contribution >= 4 is 27.5 Å². The van der Waals surface area contributed by atoms with Gasteiger partial charge in [0.2, 0.25) is 5.91 Å². The van der Waals surface area contributed by atoms with Gasteiger partial charge in [-0.2, -0.15) is 0 Å². The zero-order chi connectivity index (χ0) is 17.4. The monoisotopic (exact) mass is 367 g/mol. The first kappa shape index (κ1) is 19.5. The average Bonchev–Trinajstić information content (AvgIpc) is 3.04. The van der Waals surface area contributed by atoms with Crippen molar-refractivity contribution in [3.63, 3.8) is 0 Å². The highest BCUT2D eigenvalue weighted by Gasteiger charge is 2.16. The van der Waals surface area contributed by atoms with Gasteiger partial charge in [0.1, 0.15) is 12.4 Å². The number of rotatable bonds is 9. The molecule has 2 atom stereocenters. The van der Waals surface area contributed by atoms with Crippen LogP contribution in [0, 0.1) is 13.8 Å². The molecule has 1 fully saturated rings. The van der Waals surface area contributed by atoms with Gasteiger partial charge >= 0.3 is 0 Å². The molecule has 5 heteroatoms. The van der Waals surface area contributed by atoms with E-state index in [0.29, 0.717) is 13.0 Å². The van der Waals surface area contributed by atoms with E-state index in [2.05, 4.69) is 5.32 Å². The third kappa shape index (κ3) is 6.60. The zero-order valence-corrected chi connectivity index (χ0v) is 16.6.